The maximum Gasteiger partial charge on any atom is 0.246 e. The molecule has 1 fully saturated rings. The van der Waals surface area contributed by atoms with Gasteiger partial charge in [0.05, 0.1) is 59.3 Å². The van der Waals surface area contributed by atoms with Crippen LogP contribution in [-0.2, 0) is 16.6 Å². The van der Waals surface area contributed by atoms with Crippen LogP contribution in [0.25, 0.3) is 49.1 Å². The topological polar surface area (TPSA) is 119 Å². The van der Waals surface area contributed by atoms with E-state index in [0.717, 1.165) is 34.0 Å². The van der Waals surface area contributed by atoms with Gasteiger partial charge in [0.25, 0.3) is 0 Å². The number of rotatable bonds is 8. The van der Waals surface area contributed by atoms with Crippen molar-refractivity contribution in [2.24, 2.45) is 23.7 Å². The Morgan fingerprint density at radius 2 is 2.00 bits per heavy atom. The molecule has 1 saturated heterocycles. The summed E-state index contributed by atoms with van der Waals surface area (Å²) in [6.45, 7) is 6.83. The maximum atomic E-state index is 16.2. The van der Waals surface area contributed by atoms with Gasteiger partial charge in [-0.3, -0.25) is 19.3 Å². The van der Waals surface area contributed by atoms with Crippen molar-refractivity contribution < 1.29 is 23.1 Å². The molecule has 2 aliphatic rings. The molecule has 256 valence electrons. The summed E-state index contributed by atoms with van der Waals surface area (Å²) in [5, 5.41) is 7.92. The summed E-state index contributed by atoms with van der Waals surface area (Å²) in [5.41, 5.74) is 10.6. The molecule has 0 spiro atoms. The van der Waals surface area contributed by atoms with Gasteiger partial charge in [-0.1, -0.05) is 12.6 Å². The van der Waals surface area contributed by atoms with Crippen LogP contribution in [0.2, 0.25) is 0 Å². The Kier molecular flexibility index (Phi) is 8.68. The fraction of sp³-hybridized carbons (Fsp3) is 0.270. The van der Waals surface area contributed by atoms with E-state index >= 15 is 4.39 Å². The minimum absolute atomic E-state index is 0.00623. The van der Waals surface area contributed by atoms with E-state index in [1.807, 2.05) is 43.6 Å². The van der Waals surface area contributed by atoms with Gasteiger partial charge in [-0.25, -0.2) is 13.8 Å². The molecule has 2 aromatic carbocycles. The normalized spacial score (nSPS) is 18.3. The number of aromatic nitrogens is 3. The number of hydrogen-bond acceptors (Lipinski definition) is 8. The minimum atomic E-state index is -0.846. The Labute approximate surface area is 291 Å². The summed E-state index contributed by atoms with van der Waals surface area (Å²) in [7, 11) is 3.59. The van der Waals surface area contributed by atoms with E-state index in [0.29, 0.717) is 41.3 Å². The van der Waals surface area contributed by atoms with E-state index in [-0.39, 0.29) is 53.5 Å². The van der Waals surface area contributed by atoms with Gasteiger partial charge in [-0.2, -0.15) is 5.10 Å². The smallest absolute Gasteiger partial charge is 0.246 e. The molecular weight excluding hydrogens is 661 g/mol. The molecule has 2 amide bonds. The number of amides is 2. The number of thiophene rings is 1. The lowest BCUT2D eigenvalue weighted by Crippen LogP contribution is -2.46. The summed E-state index contributed by atoms with van der Waals surface area (Å²) in [6.07, 6.45) is 4.98. The molecule has 0 radical (unpaired) electrons. The zero-order valence-corrected chi connectivity index (χ0v) is 28.6. The van der Waals surface area contributed by atoms with Crippen molar-refractivity contribution >= 4 is 55.5 Å². The number of fused-ring (bicyclic) bond motifs is 2. The molecule has 2 aliphatic heterocycles. The van der Waals surface area contributed by atoms with Gasteiger partial charge in [0, 0.05) is 78.3 Å². The van der Waals surface area contributed by atoms with Gasteiger partial charge in [-0.15, -0.1) is 11.3 Å². The van der Waals surface area contributed by atoms with Gasteiger partial charge in [0.15, 0.2) is 0 Å². The number of nitrogens with zero attached hydrogens (tertiary/aromatic N) is 6. The molecule has 2 N–H and O–H groups in total. The van der Waals surface area contributed by atoms with Crippen LogP contribution in [0.1, 0.15) is 19.0 Å². The minimum Gasteiger partial charge on any atom is -0.492 e. The Bertz CT molecular complexity index is 2260. The van der Waals surface area contributed by atoms with E-state index in [2.05, 4.69) is 16.7 Å². The Morgan fingerprint density at radius 3 is 2.76 bits per heavy atom. The Hall–Kier alpha value is -5.43. The number of likely N-dealkylation sites (tertiary alicyclic amines) is 1. The average molecular weight is 696 g/mol. The molecule has 3 aromatic heterocycles. The molecule has 5 heterocycles. The van der Waals surface area contributed by atoms with Crippen LogP contribution in [0.4, 0.5) is 8.78 Å². The molecule has 10 nitrogen and oxygen atoms in total. The van der Waals surface area contributed by atoms with E-state index in [4.69, 9.17) is 15.5 Å². The number of aliphatic imine (C=N–C) groups is 1. The van der Waals surface area contributed by atoms with Gasteiger partial charge < -0.3 is 20.3 Å². The summed E-state index contributed by atoms with van der Waals surface area (Å²) in [5.74, 6) is -2.06. The fourth-order valence-electron chi connectivity index (χ4n) is 6.76. The van der Waals surface area contributed by atoms with Crippen LogP contribution < -0.4 is 10.5 Å². The SMILES string of the molecule is C=CC(=O)N1CCN=C(/C=C(\N)c2nc(-c3ccc4c(cnn4C)c3)c3ccsc3c2-c2c(F)cc(F)cc2OC[C@@H]2CC(=O)N(C)C2)[C@H]1C. The molecule has 0 bridgehead atoms. The first-order valence-electron chi connectivity index (χ1n) is 16.2. The number of halogens is 2. The molecular formula is C37H35F2N7O3S. The summed E-state index contributed by atoms with van der Waals surface area (Å²) in [4.78, 5) is 37.9. The number of pyridine rings is 1. The maximum absolute atomic E-state index is 16.2. The van der Waals surface area contributed by atoms with Gasteiger partial charge in [-0.05, 0) is 42.7 Å². The zero-order chi connectivity index (χ0) is 35.3. The predicted octanol–water partition coefficient (Wildman–Crippen LogP) is 5.81. The van der Waals surface area contributed by atoms with Gasteiger partial charge in [0.2, 0.25) is 11.8 Å². The van der Waals surface area contributed by atoms with Crippen molar-refractivity contribution in [3.05, 3.63) is 84.0 Å². The van der Waals surface area contributed by atoms with Crippen molar-refractivity contribution in [2.45, 2.75) is 19.4 Å². The first kappa shape index (κ1) is 33.1. The molecule has 0 unspecified atom stereocenters. The third-order valence-electron chi connectivity index (χ3n) is 9.36. The molecule has 7 rings (SSSR count). The van der Waals surface area contributed by atoms with Crippen molar-refractivity contribution in [1.82, 2.24) is 24.6 Å². The number of carbonyl (C=O) groups is 2. The van der Waals surface area contributed by atoms with E-state index in [9.17, 15) is 14.0 Å². The van der Waals surface area contributed by atoms with E-state index in [1.54, 1.807) is 33.8 Å². The van der Waals surface area contributed by atoms with E-state index < -0.39 is 17.7 Å². The number of aryl methyl sites for hydroxylation is 1. The molecule has 0 aliphatic carbocycles. The number of benzene rings is 2. The Balaban J connectivity index is 1.43. The van der Waals surface area contributed by atoms with E-state index in [1.165, 1.54) is 17.4 Å². The van der Waals surface area contributed by atoms with Crippen molar-refractivity contribution in [3.8, 4) is 28.1 Å². The summed E-state index contributed by atoms with van der Waals surface area (Å²) >= 11 is 1.38. The first-order chi connectivity index (χ1) is 24.0. The van der Waals surface area contributed by atoms with Crippen molar-refractivity contribution in [3.63, 3.8) is 0 Å². The second-order valence-electron chi connectivity index (χ2n) is 12.6. The van der Waals surface area contributed by atoms with Crippen molar-refractivity contribution in [2.75, 3.05) is 33.3 Å². The highest BCUT2D eigenvalue weighted by Gasteiger charge is 2.30. The monoisotopic (exact) mass is 695 g/mol. The second-order valence-corrected chi connectivity index (χ2v) is 13.5. The largest absolute Gasteiger partial charge is 0.492 e. The molecule has 0 saturated carbocycles. The second kappa shape index (κ2) is 13.1. The number of carbonyl (C=O) groups excluding carboxylic acids is 2. The quantitative estimate of drug-likeness (QED) is 0.205. The number of hydrogen-bond donors (Lipinski definition) is 1. The highest BCUT2D eigenvalue weighted by molar-refractivity contribution is 7.18. The van der Waals surface area contributed by atoms with Crippen molar-refractivity contribution in [1.29, 1.82) is 0 Å². The molecule has 50 heavy (non-hydrogen) atoms. The number of nitrogens with two attached hydrogens (primary N) is 1. The van der Waals surface area contributed by atoms with Gasteiger partial charge in [0.1, 0.15) is 17.4 Å². The van der Waals surface area contributed by atoms with Crippen LogP contribution in [0, 0.1) is 17.6 Å². The van der Waals surface area contributed by atoms with Gasteiger partial charge >= 0.3 is 0 Å². The summed E-state index contributed by atoms with van der Waals surface area (Å²) in [6, 6.07) is 9.37. The zero-order valence-electron chi connectivity index (χ0n) is 27.8. The highest BCUT2D eigenvalue weighted by Crippen LogP contribution is 2.46. The third-order valence-corrected chi connectivity index (χ3v) is 10.3. The summed E-state index contributed by atoms with van der Waals surface area (Å²) < 4.78 is 39.7. The lowest BCUT2D eigenvalue weighted by atomic mass is 9.95. The standard InChI is InChI=1S/C37H35F2N7O3S/c1-5-31(47)46-10-9-41-28(20(46)2)16-27(40)36-34(33-26(39)14-24(38)15-30(33)49-19-21-12-32(48)44(3)18-21)37-25(8-11-50-37)35(43-36)22-6-7-29-23(13-22)17-42-45(29)4/h5-8,11,13-17,20-21H,1,9-10,12,18-19,40H2,2-4H3/b27-16-/t20-,21-/m1/s1. The highest BCUT2D eigenvalue weighted by atomic mass is 32.1. The Morgan fingerprint density at radius 1 is 1.18 bits per heavy atom. The molecule has 13 heteroatoms. The lowest BCUT2D eigenvalue weighted by Gasteiger charge is -2.31. The van der Waals surface area contributed by atoms with Crippen LogP contribution >= 0.6 is 11.3 Å². The first-order valence-corrected chi connectivity index (χ1v) is 17.1. The number of ether oxygens (including phenoxy) is 1. The predicted molar refractivity (Wildman–Crippen MR) is 192 cm³/mol. The third kappa shape index (κ3) is 5.91. The molecule has 5 aromatic rings. The van der Waals surface area contributed by atoms with Crippen LogP contribution in [0.3, 0.4) is 0 Å². The van der Waals surface area contributed by atoms with Crippen LogP contribution in [0.15, 0.2) is 71.7 Å². The van der Waals surface area contributed by atoms with Crippen LogP contribution in [-0.4, -0.2) is 81.4 Å². The fourth-order valence-corrected chi connectivity index (χ4v) is 7.71. The van der Waals surface area contributed by atoms with Crippen LogP contribution in [0.5, 0.6) is 5.75 Å². The molecule has 2 atom stereocenters. The lowest BCUT2D eigenvalue weighted by molar-refractivity contribution is -0.127. The average Bonchev–Trinajstić information content (AvgIpc) is 3.82.